The van der Waals surface area contributed by atoms with Crippen molar-refractivity contribution in [3.05, 3.63) is 0 Å². The van der Waals surface area contributed by atoms with Gasteiger partial charge < -0.3 is 11.1 Å². The van der Waals surface area contributed by atoms with Crippen molar-refractivity contribution in [1.82, 2.24) is 5.32 Å². The molecule has 0 heterocycles. The molecule has 0 unspecified atom stereocenters. The maximum absolute atomic E-state index is 11.8. The molecule has 1 amide bonds. The lowest BCUT2D eigenvalue weighted by atomic mass is 10.00. The summed E-state index contributed by atoms with van der Waals surface area (Å²) in [5.41, 5.74) is 1.58. The van der Waals surface area contributed by atoms with E-state index in [1.54, 1.807) is 0 Å². The highest BCUT2D eigenvalue weighted by atomic mass is 32.2. The zero-order valence-corrected chi connectivity index (χ0v) is 10.2. The number of amides is 1. The molecule has 3 nitrogen and oxygen atoms in total. The third kappa shape index (κ3) is 6.16. The SMILES string of the molecule is N[C@@H]1CCC[C@H]1CC(=O)NCCSC(F)(F)F. The number of hydrogen-bond acceptors (Lipinski definition) is 3. The number of halogens is 3. The van der Waals surface area contributed by atoms with Crippen LogP contribution in [0.5, 0.6) is 0 Å². The molecule has 0 aromatic carbocycles. The Morgan fingerprint density at radius 2 is 2.12 bits per heavy atom. The molecule has 1 saturated carbocycles. The molecule has 17 heavy (non-hydrogen) atoms. The van der Waals surface area contributed by atoms with Crippen molar-refractivity contribution in [2.24, 2.45) is 11.7 Å². The molecular weight excluding hydrogens is 253 g/mol. The van der Waals surface area contributed by atoms with Crippen LogP contribution in [0.25, 0.3) is 0 Å². The maximum atomic E-state index is 11.8. The van der Waals surface area contributed by atoms with Crippen molar-refractivity contribution in [2.75, 3.05) is 12.3 Å². The second kappa shape index (κ2) is 6.49. The van der Waals surface area contributed by atoms with E-state index in [9.17, 15) is 18.0 Å². The van der Waals surface area contributed by atoms with Crippen LogP contribution in [-0.2, 0) is 4.79 Å². The van der Waals surface area contributed by atoms with E-state index < -0.39 is 5.51 Å². The second-order valence-electron chi connectivity index (χ2n) is 4.20. The minimum absolute atomic E-state index is 0.0466. The van der Waals surface area contributed by atoms with E-state index in [-0.39, 0.29) is 41.9 Å². The first kappa shape index (κ1) is 14.6. The summed E-state index contributed by atoms with van der Waals surface area (Å²) in [5, 5.41) is 2.49. The Hall–Kier alpha value is -0.430. The smallest absolute Gasteiger partial charge is 0.355 e. The van der Waals surface area contributed by atoms with Gasteiger partial charge in [0.2, 0.25) is 5.91 Å². The van der Waals surface area contributed by atoms with Gasteiger partial charge in [0.25, 0.3) is 0 Å². The van der Waals surface area contributed by atoms with E-state index in [0.717, 1.165) is 19.3 Å². The Kier molecular flexibility index (Phi) is 5.58. The monoisotopic (exact) mass is 270 g/mol. The third-order valence-electron chi connectivity index (χ3n) is 2.86. The summed E-state index contributed by atoms with van der Waals surface area (Å²) < 4.78 is 35.4. The zero-order valence-electron chi connectivity index (χ0n) is 9.43. The highest BCUT2D eigenvalue weighted by Gasteiger charge is 2.28. The van der Waals surface area contributed by atoms with Gasteiger partial charge in [-0.2, -0.15) is 13.2 Å². The highest BCUT2D eigenvalue weighted by Crippen LogP contribution is 2.29. The molecule has 1 aliphatic carbocycles. The Balaban J connectivity index is 2.09. The molecule has 3 N–H and O–H groups in total. The Morgan fingerprint density at radius 1 is 1.41 bits per heavy atom. The molecule has 0 bridgehead atoms. The molecule has 1 fully saturated rings. The highest BCUT2D eigenvalue weighted by molar-refractivity contribution is 8.00. The molecule has 0 aromatic rings. The molecule has 1 rings (SSSR count). The predicted molar refractivity (Wildman–Crippen MR) is 61.5 cm³/mol. The zero-order chi connectivity index (χ0) is 12.9. The maximum Gasteiger partial charge on any atom is 0.441 e. The first-order valence-corrected chi connectivity index (χ1v) is 6.60. The van der Waals surface area contributed by atoms with E-state index >= 15 is 0 Å². The van der Waals surface area contributed by atoms with Crippen molar-refractivity contribution >= 4 is 17.7 Å². The fraction of sp³-hybridized carbons (Fsp3) is 0.900. The Labute approximate surface area is 103 Å². The largest absolute Gasteiger partial charge is 0.441 e. The van der Waals surface area contributed by atoms with Crippen LogP contribution in [0.4, 0.5) is 13.2 Å². The second-order valence-corrected chi connectivity index (χ2v) is 5.36. The van der Waals surface area contributed by atoms with E-state index in [0.29, 0.717) is 6.42 Å². The van der Waals surface area contributed by atoms with Crippen molar-refractivity contribution in [1.29, 1.82) is 0 Å². The molecule has 7 heteroatoms. The van der Waals surface area contributed by atoms with E-state index in [4.69, 9.17) is 5.73 Å². The Bertz CT molecular complexity index is 260. The molecular formula is C10H17F3N2OS. The van der Waals surface area contributed by atoms with E-state index in [1.807, 2.05) is 0 Å². The van der Waals surface area contributed by atoms with Crippen molar-refractivity contribution in [2.45, 2.75) is 37.2 Å². The summed E-state index contributed by atoms with van der Waals surface area (Å²) in [6, 6.07) is 0.0605. The van der Waals surface area contributed by atoms with Gasteiger partial charge in [-0.25, -0.2) is 0 Å². The van der Waals surface area contributed by atoms with E-state index in [1.165, 1.54) is 0 Å². The summed E-state index contributed by atoms with van der Waals surface area (Å²) in [5.74, 6) is -0.160. The van der Waals surface area contributed by atoms with Crippen LogP contribution in [0.15, 0.2) is 0 Å². The van der Waals surface area contributed by atoms with Gasteiger partial charge in [0.05, 0.1) is 0 Å². The minimum Gasteiger partial charge on any atom is -0.355 e. The normalized spacial score (nSPS) is 24.9. The molecule has 0 saturated heterocycles. The lowest BCUT2D eigenvalue weighted by molar-refractivity contribution is -0.122. The number of carbonyl (C=O) groups excluding carboxylic acids is 1. The number of hydrogen-bond donors (Lipinski definition) is 2. The van der Waals surface area contributed by atoms with Gasteiger partial charge in [-0.05, 0) is 30.5 Å². The quantitative estimate of drug-likeness (QED) is 0.750. The molecule has 2 atom stereocenters. The summed E-state index contributed by atoms with van der Waals surface area (Å²) in [7, 11) is 0. The van der Waals surface area contributed by atoms with Gasteiger partial charge in [0.1, 0.15) is 0 Å². The minimum atomic E-state index is -4.22. The third-order valence-corrected chi connectivity index (χ3v) is 3.59. The fourth-order valence-electron chi connectivity index (χ4n) is 1.99. The summed E-state index contributed by atoms with van der Waals surface area (Å²) in [6.07, 6.45) is 3.23. The van der Waals surface area contributed by atoms with Crippen LogP contribution in [0.2, 0.25) is 0 Å². The lowest BCUT2D eigenvalue weighted by Crippen LogP contribution is -2.32. The topological polar surface area (TPSA) is 55.1 Å². The van der Waals surface area contributed by atoms with Crippen LogP contribution in [-0.4, -0.2) is 29.8 Å². The predicted octanol–water partition coefficient (Wildman–Crippen LogP) is 1.87. The molecule has 100 valence electrons. The lowest BCUT2D eigenvalue weighted by Gasteiger charge is -2.14. The van der Waals surface area contributed by atoms with Crippen LogP contribution < -0.4 is 11.1 Å². The number of nitrogens with two attached hydrogens (primary N) is 1. The van der Waals surface area contributed by atoms with Gasteiger partial charge in [0.15, 0.2) is 0 Å². The fourth-order valence-corrected chi connectivity index (χ4v) is 2.42. The van der Waals surface area contributed by atoms with Gasteiger partial charge in [-0.1, -0.05) is 6.42 Å². The van der Waals surface area contributed by atoms with Crippen LogP contribution >= 0.6 is 11.8 Å². The number of carbonyl (C=O) groups is 1. The van der Waals surface area contributed by atoms with Crippen LogP contribution in [0.1, 0.15) is 25.7 Å². The first-order chi connectivity index (χ1) is 7.88. The van der Waals surface area contributed by atoms with Gasteiger partial charge in [0, 0.05) is 24.8 Å². The van der Waals surface area contributed by atoms with Gasteiger partial charge >= 0.3 is 5.51 Å². The van der Waals surface area contributed by atoms with Crippen molar-refractivity contribution in [3.63, 3.8) is 0 Å². The average Bonchev–Trinajstić information content (AvgIpc) is 2.58. The Morgan fingerprint density at radius 3 is 2.65 bits per heavy atom. The van der Waals surface area contributed by atoms with E-state index in [2.05, 4.69) is 5.32 Å². The number of alkyl halides is 3. The molecule has 1 aliphatic rings. The number of thioether (sulfide) groups is 1. The molecule has 0 radical (unpaired) electrons. The van der Waals surface area contributed by atoms with Gasteiger partial charge in [-0.3, -0.25) is 4.79 Å². The van der Waals surface area contributed by atoms with Crippen molar-refractivity contribution in [3.8, 4) is 0 Å². The van der Waals surface area contributed by atoms with Gasteiger partial charge in [-0.15, -0.1) is 0 Å². The summed E-state index contributed by atoms with van der Waals surface area (Å²) in [4.78, 5) is 11.4. The average molecular weight is 270 g/mol. The molecule has 0 aromatic heterocycles. The number of nitrogens with one attached hydrogen (secondary N) is 1. The summed E-state index contributed by atoms with van der Waals surface area (Å²) in [6.45, 7) is 0.0466. The van der Waals surface area contributed by atoms with Crippen molar-refractivity contribution < 1.29 is 18.0 Å². The number of rotatable bonds is 5. The van der Waals surface area contributed by atoms with Crippen LogP contribution in [0.3, 0.4) is 0 Å². The molecule has 0 aliphatic heterocycles. The standard InChI is InChI=1S/C10H17F3N2OS/c11-10(12,13)17-5-4-15-9(16)6-7-2-1-3-8(7)14/h7-8H,1-6,14H2,(H,15,16)/t7-,8+/m0/s1. The first-order valence-electron chi connectivity index (χ1n) is 5.61. The van der Waals surface area contributed by atoms with Crippen LogP contribution in [0, 0.1) is 5.92 Å². The molecule has 0 spiro atoms. The summed E-state index contributed by atoms with van der Waals surface area (Å²) >= 11 is -0.121.